The molecule has 102 valence electrons. The molecule has 10 heteroatoms. The lowest BCUT2D eigenvalue weighted by Crippen LogP contribution is -2.11. The van der Waals surface area contributed by atoms with E-state index in [1.165, 1.54) is 0 Å². The quantitative estimate of drug-likeness (QED) is 0.847. The Morgan fingerprint density at radius 3 is 2.47 bits per heavy atom. The SMILES string of the molecule is Cc1nnc(Sc2cc(C(F)(F)F)nc(N)n2)n1C. The number of aryl methyl sites for hydroxylation is 1. The second-order valence-corrected chi connectivity index (χ2v) is 4.63. The molecule has 0 spiro atoms. The number of nitrogens with two attached hydrogens (primary N) is 1. The van der Waals surface area contributed by atoms with Gasteiger partial charge >= 0.3 is 6.18 Å². The first-order valence-electron chi connectivity index (χ1n) is 5.03. The maximum Gasteiger partial charge on any atom is 0.433 e. The van der Waals surface area contributed by atoms with Gasteiger partial charge in [-0.25, -0.2) is 9.97 Å². The minimum absolute atomic E-state index is 0.0651. The Hall–Kier alpha value is -1.84. The Morgan fingerprint density at radius 1 is 1.26 bits per heavy atom. The zero-order valence-corrected chi connectivity index (χ0v) is 10.7. The molecule has 0 saturated carbocycles. The van der Waals surface area contributed by atoms with E-state index in [1.54, 1.807) is 18.5 Å². The van der Waals surface area contributed by atoms with E-state index in [1.807, 2.05) is 0 Å². The Morgan fingerprint density at radius 2 is 1.95 bits per heavy atom. The van der Waals surface area contributed by atoms with Crippen LogP contribution in [0.3, 0.4) is 0 Å². The van der Waals surface area contributed by atoms with Gasteiger partial charge in [-0.15, -0.1) is 10.2 Å². The molecular formula is C9H9F3N6S. The zero-order chi connectivity index (χ0) is 14.2. The lowest BCUT2D eigenvalue weighted by Gasteiger charge is -2.08. The minimum atomic E-state index is -4.57. The molecule has 0 fully saturated rings. The molecule has 0 unspecified atom stereocenters. The van der Waals surface area contributed by atoms with Crippen molar-refractivity contribution in [2.24, 2.45) is 7.05 Å². The molecule has 2 N–H and O–H groups in total. The van der Waals surface area contributed by atoms with Crippen molar-refractivity contribution in [1.82, 2.24) is 24.7 Å². The van der Waals surface area contributed by atoms with Crippen LogP contribution in [0, 0.1) is 6.92 Å². The van der Waals surface area contributed by atoms with Gasteiger partial charge < -0.3 is 10.3 Å². The van der Waals surface area contributed by atoms with Gasteiger partial charge in [0.05, 0.1) is 0 Å². The van der Waals surface area contributed by atoms with Crippen molar-refractivity contribution in [2.75, 3.05) is 5.73 Å². The molecule has 2 aromatic heterocycles. The largest absolute Gasteiger partial charge is 0.433 e. The van der Waals surface area contributed by atoms with E-state index in [0.29, 0.717) is 11.0 Å². The molecule has 0 aliphatic heterocycles. The van der Waals surface area contributed by atoms with Crippen molar-refractivity contribution in [3.8, 4) is 0 Å². The maximum atomic E-state index is 12.6. The Bertz CT molecular complexity index is 608. The maximum absolute atomic E-state index is 12.6. The van der Waals surface area contributed by atoms with E-state index in [-0.39, 0.29) is 5.03 Å². The van der Waals surface area contributed by atoms with Gasteiger partial charge in [-0.2, -0.15) is 13.2 Å². The second kappa shape index (κ2) is 4.68. The molecule has 0 amide bonds. The number of aromatic nitrogens is 5. The summed E-state index contributed by atoms with van der Waals surface area (Å²) in [6.07, 6.45) is -4.57. The topological polar surface area (TPSA) is 82.5 Å². The summed E-state index contributed by atoms with van der Waals surface area (Å²) >= 11 is 0.938. The highest BCUT2D eigenvalue weighted by Gasteiger charge is 2.33. The van der Waals surface area contributed by atoms with Gasteiger partial charge in [0.25, 0.3) is 0 Å². The van der Waals surface area contributed by atoms with Gasteiger partial charge in [0.15, 0.2) is 10.9 Å². The molecule has 0 bridgehead atoms. The van der Waals surface area contributed by atoms with Crippen LogP contribution in [0.15, 0.2) is 16.2 Å². The van der Waals surface area contributed by atoms with Gasteiger partial charge in [0.1, 0.15) is 10.9 Å². The molecule has 0 aromatic carbocycles. The van der Waals surface area contributed by atoms with Crippen LogP contribution in [0.4, 0.5) is 19.1 Å². The van der Waals surface area contributed by atoms with Crippen LogP contribution in [0.1, 0.15) is 11.5 Å². The van der Waals surface area contributed by atoms with Gasteiger partial charge in [0, 0.05) is 13.1 Å². The summed E-state index contributed by atoms with van der Waals surface area (Å²) in [4.78, 5) is 6.90. The molecule has 2 heterocycles. The van der Waals surface area contributed by atoms with Crippen LogP contribution < -0.4 is 5.73 Å². The van der Waals surface area contributed by atoms with E-state index >= 15 is 0 Å². The van der Waals surface area contributed by atoms with Gasteiger partial charge in [-0.3, -0.25) is 0 Å². The minimum Gasteiger partial charge on any atom is -0.368 e. The highest BCUT2D eigenvalue weighted by molar-refractivity contribution is 7.99. The molecule has 0 aliphatic rings. The van der Waals surface area contributed by atoms with E-state index in [9.17, 15) is 13.2 Å². The highest BCUT2D eigenvalue weighted by Crippen LogP contribution is 2.32. The van der Waals surface area contributed by atoms with Crippen LogP contribution in [0.5, 0.6) is 0 Å². The van der Waals surface area contributed by atoms with Gasteiger partial charge in [-0.05, 0) is 18.7 Å². The van der Waals surface area contributed by atoms with Crippen molar-refractivity contribution in [3.63, 3.8) is 0 Å². The van der Waals surface area contributed by atoms with Crippen LogP contribution in [-0.4, -0.2) is 24.7 Å². The van der Waals surface area contributed by atoms with E-state index in [2.05, 4.69) is 20.2 Å². The van der Waals surface area contributed by atoms with Crippen molar-refractivity contribution in [1.29, 1.82) is 0 Å². The Labute approximate surface area is 110 Å². The highest BCUT2D eigenvalue weighted by atomic mass is 32.2. The predicted molar refractivity (Wildman–Crippen MR) is 61.3 cm³/mol. The number of hydrogen-bond acceptors (Lipinski definition) is 6. The molecule has 2 aromatic rings. The second-order valence-electron chi connectivity index (χ2n) is 3.64. The lowest BCUT2D eigenvalue weighted by atomic mass is 10.4. The van der Waals surface area contributed by atoms with Crippen molar-refractivity contribution >= 4 is 17.7 Å². The smallest absolute Gasteiger partial charge is 0.368 e. The number of nitrogens with zero attached hydrogens (tertiary/aromatic N) is 5. The fourth-order valence-electron chi connectivity index (χ4n) is 1.21. The van der Waals surface area contributed by atoms with Gasteiger partial charge in [0.2, 0.25) is 5.95 Å². The van der Waals surface area contributed by atoms with Crippen molar-refractivity contribution in [2.45, 2.75) is 23.3 Å². The van der Waals surface area contributed by atoms with Crippen molar-refractivity contribution < 1.29 is 13.2 Å². The number of halogens is 3. The average molecular weight is 290 g/mol. The Balaban J connectivity index is 2.36. The summed E-state index contributed by atoms with van der Waals surface area (Å²) in [5, 5.41) is 8.11. The average Bonchev–Trinajstić information content (AvgIpc) is 2.59. The van der Waals surface area contributed by atoms with Crippen LogP contribution >= 0.6 is 11.8 Å². The fourth-order valence-corrected chi connectivity index (χ4v) is 2.06. The molecule has 0 radical (unpaired) electrons. The Kier molecular flexibility index (Phi) is 3.35. The molecule has 0 atom stereocenters. The first-order valence-corrected chi connectivity index (χ1v) is 5.84. The third-order valence-corrected chi connectivity index (χ3v) is 3.22. The van der Waals surface area contributed by atoms with Crippen LogP contribution in [0.2, 0.25) is 0 Å². The zero-order valence-electron chi connectivity index (χ0n) is 9.93. The lowest BCUT2D eigenvalue weighted by molar-refractivity contribution is -0.141. The summed E-state index contributed by atoms with van der Waals surface area (Å²) in [5.41, 5.74) is 4.19. The molecule has 19 heavy (non-hydrogen) atoms. The number of rotatable bonds is 2. The monoisotopic (exact) mass is 290 g/mol. The summed E-state index contributed by atoms with van der Waals surface area (Å²) in [5.74, 6) is 0.205. The van der Waals surface area contributed by atoms with Gasteiger partial charge in [-0.1, -0.05) is 0 Å². The standard InChI is InChI=1S/C9H9F3N6S/c1-4-16-17-8(18(4)2)19-6-3-5(9(10,11)12)14-7(13)15-6/h3H,1-2H3,(H2,13,14,15). The molecular weight excluding hydrogens is 281 g/mol. The number of hydrogen-bond donors (Lipinski definition) is 1. The fraction of sp³-hybridized carbons (Fsp3) is 0.333. The summed E-state index contributed by atoms with van der Waals surface area (Å²) < 4.78 is 39.4. The normalized spacial score (nSPS) is 11.8. The van der Waals surface area contributed by atoms with E-state index < -0.39 is 17.8 Å². The van der Waals surface area contributed by atoms with Crippen molar-refractivity contribution in [3.05, 3.63) is 17.6 Å². The first-order chi connectivity index (χ1) is 8.77. The number of nitrogen functional groups attached to an aromatic ring is 1. The number of alkyl halides is 3. The third-order valence-electron chi connectivity index (χ3n) is 2.26. The molecule has 0 aliphatic carbocycles. The van der Waals surface area contributed by atoms with E-state index in [4.69, 9.17) is 5.73 Å². The summed E-state index contributed by atoms with van der Waals surface area (Å²) in [6, 6.07) is 0.824. The van der Waals surface area contributed by atoms with E-state index in [0.717, 1.165) is 17.8 Å². The molecule has 6 nitrogen and oxygen atoms in total. The van der Waals surface area contributed by atoms with Crippen LogP contribution in [-0.2, 0) is 13.2 Å². The van der Waals surface area contributed by atoms with Crippen LogP contribution in [0.25, 0.3) is 0 Å². The number of anilines is 1. The third kappa shape index (κ3) is 2.95. The molecule has 0 saturated heterocycles. The molecule has 2 rings (SSSR count). The predicted octanol–water partition coefficient (Wildman–Crippen LogP) is 1.67. The first kappa shape index (κ1) is 13.6. The summed E-state index contributed by atoms with van der Waals surface area (Å²) in [6.45, 7) is 1.73. The summed E-state index contributed by atoms with van der Waals surface area (Å²) in [7, 11) is 1.70.